The smallest absolute Gasteiger partial charge is 0.177 e. The average Bonchev–Trinajstić information content (AvgIpc) is 2.81. The van der Waals surface area contributed by atoms with Crippen molar-refractivity contribution in [3.05, 3.63) is 55.9 Å². The first-order valence-electron chi connectivity index (χ1n) is 5.66. The number of carbonyl (C=O) groups excluding carboxylic acids is 1. The zero-order valence-corrected chi connectivity index (χ0v) is 12.3. The van der Waals surface area contributed by atoms with Crippen LogP contribution in [-0.4, -0.2) is 5.78 Å². The highest BCUT2D eigenvalue weighted by molar-refractivity contribution is 9.10. The lowest BCUT2D eigenvalue weighted by atomic mass is 10.1. The SMILES string of the molecule is CCc1ccc(C(=O)Cc2ccc(F)cc2Br)s1. The second-order valence-corrected chi connectivity index (χ2v) is 5.98. The zero-order chi connectivity index (χ0) is 13.1. The Labute approximate surface area is 118 Å². The molecule has 0 aliphatic heterocycles. The van der Waals surface area contributed by atoms with Crippen LogP contribution in [0.1, 0.15) is 27.0 Å². The second kappa shape index (κ2) is 5.76. The summed E-state index contributed by atoms with van der Waals surface area (Å²) in [5, 5.41) is 0. The number of benzene rings is 1. The number of thiophene rings is 1. The van der Waals surface area contributed by atoms with Crippen LogP contribution < -0.4 is 0 Å². The van der Waals surface area contributed by atoms with Gasteiger partial charge < -0.3 is 0 Å². The van der Waals surface area contributed by atoms with Gasteiger partial charge in [-0.2, -0.15) is 0 Å². The van der Waals surface area contributed by atoms with Gasteiger partial charge in [0.2, 0.25) is 0 Å². The molecule has 0 amide bonds. The molecule has 0 aliphatic rings. The molecule has 0 atom stereocenters. The molecule has 4 heteroatoms. The topological polar surface area (TPSA) is 17.1 Å². The maximum absolute atomic E-state index is 12.9. The Morgan fingerprint density at radius 2 is 2.11 bits per heavy atom. The first-order valence-corrected chi connectivity index (χ1v) is 7.27. The van der Waals surface area contributed by atoms with Gasteiger partial charge in [0.05, 0.1) is 4.88 Å². The number of hydrogen-bond acceptors (Lipinski definition) is 2. The van der Waals surface area contributed by atoms with Crippen LogP contribution in [0, 0.1) is 5.82 Å². The summed E-state index contributed by atoms with van der Waals surface area (Å²) in [4.78, 5) is 14.0. The predicted molar refractivity (Wildman–Crippen MR) is 75.8 cm³/mol. The number of ketones is 1. The monoisotopic (exact) mass is 326 g/mol. The van der Waals surface area contributed by atoms with Gasteiger partial charge in [0.25, 0.3) is 0 Å². The van der Waals surface area contributed by atoms with E-state index in [1.165, 1.54) is 28.3 Å². The average molecular weight is 327 g/mol. The molecule has 0 spiro atoms. The Morgan fingerprint density at radius 3 is 2.72 bits per heavy atom. The zero-order valence-electron chi connectivity index (χ0n) is 9.87. The van der Waals surface area contributed by atoms with Crippen LogP contribution in [0.2, 0.25) is 0 Å². The molecule has 0 saturated heterocycles. The van der Waals surface area contributed by atoms with Crippen molar-refractivity contribution in [1.29, 1.82) is 0 Å². The summed E-state index contributed by atoms with van der Waals surface area (Å²) in [5.74, 6) is -0.227. The van der Waals surface area contributed by atoms with Crippen molar-refractivity contribution in [2.45, 2.75) is 19.8 Å². The molecule has 0 fully saturated rings. The molecule has 0 bridgehead atoms. The summed E-state index contributed by atoms with van der Waals surface area (Å²) in [5.41, 5.74) is 0.813. The molecule has 0 saturated carbocycles. The molecule has 2 rings (SSSR count). The standard InChI is InChI=1S/C14H12BrFOS/c1-2-11-5-6-14(18-11)13(17)7-9-3-4-10(16)8-12(9)15/h3-6,8H,2,7H2,1H3. The lowest BCUT2D eigenvalue weighted by Crippen LogP contribution is -2.02. The quantitative estimate of drug-likeness (QED) is 0.748. The van der Waals surface area contributed by atoms with Crippen LogP contribution in [0.25, 0.3) is 0 Å². The maximum atomic E-state index is 12.9. The van der Waals surface area contributed by atoms with Crippen LogP contribution >= 0.6 is 27.3 Å². The molecule has 0 aliphatic carbocycles. The molecule has 0 N–H and O–H groups in total. The molecular weight excluding hydrogens is 315 g/mol. The van der Waals surface area contributed by atoms with E-state index < -0.39 is 0 Å². The van der Waals surface area contributed by atoms with E-state index in [-0.39, 0.29) is 11.6 Å². The van der Waals surface area contributed by atoms with Crippen LogP contribution in [0.15, 0.2) is 34.8 Å². The minimum absolute atomic E-state index is 0.0759. The molecule has 1 heterocycles. The van der Waals surface area contributed by atoms with Gasteiger partial charge >= 0.3 is 0 Å². The van der Waals surface area contributed by atoms with E-state index in [1.807, 2.05) is 12.1 Å². The number of carbonyl (C=O) groups is 1. The van der Waals surface area contributed by atoms with Crippen molar-refractivity contribution in [2.75, 3.05) is 0 Å². The first kappa shape index (κ1) is 13.4. The molecule has 1 aromatic heterocycles. The highest BCUT2D eigenvalue weighted by Crippen LogP contribution is 2.23. The van der Waals surface area contributed by atoms with E-state index in [0.717, 1.165) is 16.9 Å². The van der Waals surface area contributed by atoms with E-state index in [4.69, 9.17) is 0 Å². The van der Waals surface area contributed by atoms with Gasteiger partial charge in [-0.3, -0.25) is 4.79 Å². The normalized spacial score (nSPS) is 10.6. The van der Waals surface area contributed by atoms with Crippen LogP contribution in [0.3, 0.4) is 0 Å². The van der Waals surface area contributed by atoms with Crippen molar-refractivity contribution in [1.82, 2.24) is 0 Å². The van der Waals surface area contributed by atoms with Crippen molar-refractivity contribution < 1.29 is 9.18 Å². The molecule has 2 aromatic rings. The predicted octanol–water partition coefficient (Wildman–Crippen LogP) is 4.64. The second-order valence-electron chi connectivity index (χ2n) is 3.96. The van der Waals surface area contributed by atoms with Crippen LogP contribution in [0.5, 0.6) is 0 Å². The molecular formula is C14H12BrFOS. The Morgan fingerprint density at radius 1 is 1.33 bits per heavy atom. The highest BCUT2D eigenvalue weighted by Gasteiger charge is 2.12. The molecule has 18 heavy (non-hydrogen) atoms. The molecule has 0 unspecified atom stereocenters. The van der Waals surface area contributed by atoms with Gasteiger partial charge in [-0.1, -0.05) is 28.9 Å². The minimum Gasteiger partial charge on any atom is -0.293 e. The third kappa shape index (κ3) is 3.06. The largest absolute Gasteiger partial charge is 0.293 e. The maximum Gasteiger partial charge on any atom is 0.177 e. The third-order valence-corrected chi connectivity index (χ3v) is 4.66. The van der Waals surface area contributed by atoms with Gasteiger partial charge in [0.15, 0.2) is 5.78 Å². The number of aryl methyl sites for hydroxylation is 1. The van der Waals surface area contributed by atoms with E-state index in [0.29, 0.717) is 10.9 Å². The Kier molecular flexibility index (Phi) is 4.30. The van der Waals surface area contributed by atoms with E-state index in [1.54, 1.807) is 6.07 Å². The lowest BCUT2D eigenvalue weighted by molar-refractivity contribution is 0.0996. The van der Waals surface area contributed by atoms with Gasteiger partial charge in [-0.25, -0.2) is 4.39 Å². The fourth-order valence-corrected chi connectivity index (χ4v) is 3.02. The van der Waals surface area contributed by atoms with Gasteiger partial charge in [-0.15, -0.1) is 11.3 Å². The Bertz CT molecular complexity index is 577. The van der Waals surface area contributed by atoms with Gasteiger partial charge in [-0.05, 0) is 36.2 Å². The number of hydrogen-bond donors (Lipinski definition) is 0. The minimum atomic E-state index is -0.303. The number of halogens is 2. The summed E-state index contributed by atoms with van der Waals surface area (Å²) in [6.07, 6.45) is 1.24. The summed E-state index contributed by atoms with van der Waals surface area (Å²) < 4.78 is 13.6. The Hall–Kier alpha value is -1.00. The molecule has 1 nitrogen and oxygen atoms in total. The van der Waals surface area contributed by atoms with Crippen LogP contribution in [0.4, 0.5) is 4.39 Å². The van der Waals surface area contributed by atoms with Gasteiger partial charge in [0.1, 0.15) is 5.82 Å². The van der Waals surface area contributed by atoms with E-state index in [2.05, 4.69) is 22.9 Å². The summed E-state index contributed by atoms with van der Waals surface area (Å²) in [6.45, 7) is 2.07. The fourth-order valence-electron chi connectivity index (χ4n) is 1.64. The lowest BCUT2D eigenvalue weighted by Gasteiger charge is -2.02. The summed E-state index contributed by atoms with van der Waals surface area (Å²) >= 11 is 4.81. The van der Waals surface area contributed by atoms with E-state index in [9.17, 15) is 9.18 Å². The fraction of sp³-hybridized carbons (Fsp3) is 0.214. The third-order valence-electron chi connectivity index (χ3n) is 2.65. The molecule has 94 valence electrons. The number of rotatable bonds is 4. The first-order chi connectivity index (χ1) is 8.60. The van der Waals surface area contributed by atoms with Gasteiger partial charge in [0, 0.05) is 15.8 Å². The highest BCUT2D eigenvalue weighted by atomic mass is 79.9. The van der Waals surface area contributed by atoms with Crippen molar-refractivity contribution in [3.8, 4) is 0 Å². The summed E-state index contributed by atoms with van der Waals surface area (Å²) in [7, 11) is 0. The van der Waals surface area contributed by atoms with Crippen molar-refractivity contribution in [3.63, 3.8) is 0 Å². The molecule has 1 aromatic carbocycles. The summed E-state index contributed by atoms with van der Waals surface area (Å²) in [6, 6.07) is 8.25. The Balaban J connectivity index is 2.16. The number of Topliss-reactive ketones (excluding diaryl/α,β-unsaturated/α-hetero) is 1. The van der Waals surface area contributed by atoms with Crippen molar-refractivity contribution in [2.24, 2.45) is 0 Å². The van der Waals surface area contributed by atoms with Crippen LogP contribution in [-0.2, 0) is 12.8 Å². The van der Waals surface area contributed by atoms with Crippen molar-refractivity contribution >= 4 is 33.0 Å². The molecule has 0 radical (unpaired) electrons. The van der Waals surface area contributed by atoms with E-state index >= 15 is 0 Å².